The van der Waals surface area contributed by atoms with Crippen molar-refractivity contribution >= 4 is 17.8 Å². The highest BCUT2D eigenvalue weighted by Crippen LogP contribution is 2.39. The van der Waals surface area contributed by atoms with Crippen LogP contribution in [0, 0.1) is 0 Å². The van der Waals surface area contributed by atoms with Crippen molar-refractivity contribution < 1.29 is 14.4 Å². The molecule has 5 rings (SSSR count). The maximum absolute atomic E-state index is 13.3. The number of nitrogens with one attached hydrogen (secondary N) is 1. The molecule has 1 fully saturated rings. The van der Waals surface area contributed by atoms with Gasteiger partial charge in [-0.3, -0.25) is 14.5 Å². The van der Waals surface area contributed by atoms with Crippen LogP contribution >= 0.6 is 0 Å². The molecule has 1 atom stereocenters. The SMILES string of the molecule is O=C(CN1C(=O)N[C@]2(CCCc3ccccc32)C1=O)N1CCc2ccccc2C1. The molecule has 148 valence electrons. The van der Waals surface area contributed by atoms with Gasteiger partial charge in [0.05, 0.1) is 0 Å². The van der Waals surface area contributed by atoms with Crippen LogP contribution in [-0.4, -0.2) is 40.7 Å². The van der Waals surface area contributed by atoms with E-state index in [0.29, 0.717) is 19.5 Å². The third kappa shape index (κ3) is 2.82. The molecule has 4 amide bonds. The maximum Gasteiger partial charge on any atom is 0.325 e. The molecular weight excluding hydrogens is 366 g/mol. The van der Waals surface area contributed by atoms with E-state index in [-0.39, 0.29) is 18.4 Å². The average molecular weight is 389 g/mol. The number of nitrogens with zero attached hydrogens (tertiary/aromatic N) is 2. The minimum atomic E-state index is -1.03. The van der Waals surface area contributed by atoms with E-state index in [9.17, 15) is 14.4 Å². The van der Waals surface area contributed by atoms with Crippen LogP contribution in [0.3, 0.4) is 0 Å². The number of carbonyl (C=O) groups excluding carboxylic acids is 3. The van der Waals surface area contributed by atoms with E-state index in [0.717, 1.165) is 40.9 Å². The minimum Gasteiger partial charge on any atom is -0.336 e. The van der Waals surface area contributed by atoms with Gasteiger partial charge in [0, 0.05) is 13.1 Å². The summed E-state index contributed by atoms with van der Waals surface area (Å²) in [7, 11) is 0. The average Bonchev–Trinajstić information content (AvgIpc) is 2.98. The molecular formula is C23H23N3O3. The zero-order chi connectivity index (χ0) is 20.0. The second-order valence-electron chi connectivity index (χ2n) is 8.07. The Morgan fingerprint density at radius 2 is 1.69 bits per heavy atom. The fourth-order valence-electron chi connectivity index (χ4n) is 4.90. The predicted octanol–water partition coefficient (Wildman–Crippen LogP) is 2.35. The smallest absolute Gasteiger partial charge is 0.325 e. The molecule has 6 heteroatoms. The number of urea groups is 1. The molecule has 1 spiro atoms. The topological polar surface area (TPSA) is 69.7 Å². The highest BCUT2D eigenvalue weighted by atomic mass is 16.2. The number of fused-ring (bicyclic) bond motifs is 3. The van der Waals surface area contributed by atoms with Crippen LogP contribution in [0.1, 0.15) is 35.1 Å². The summed E-state index contributed by atoms with van der Waals surface area (Å²) in [5.41, 5.74) is 3.31. The Hall–Kier alpha value is -3.15. The molecule has 1 aliphatic carbocycles. The van der Waals surface area contributed by atoms with Crippen molar-refractivity contribution in [1.29, 1.82) is 0 Å². The highest BCUT2D eigenvalue weighted by molar-refractivity contribution is 6.09. The van der Waals surface area contributed by atoms with Gasteiger partial charge in [-0.1, -0.05) is 48.5 Å². The molecule has 29 heavy (non-hydrogen) atoms. The van der Waals surface area contributed by atoms with Gasteiger partial charge in [-0.2, -0.15) is 0 Å². The standard InChI is InChI=1S/C23H23N3O3/c27-20(25-13-11-16-6-1-2-8-18(16)14-25)15-26-21(28)23(24-22(26)29)12-5-9-17-7-3-4-10-19(17)23/h1-4,6-8,10H,5,9,11-15H2,(H,24,29)/t23-/m0/s1. The van der Waals surface area contributed by atoms with E-state index in [4.69, 9.17) is 0 Å². The van der Waals surface area contributed by atoms with E-state index in [1.54, 1.807) is 4.90 Å². The predicted molar refractivity (Wildman–Crippen MR) is 107 cm³/mol. The Labute approximate surface area is 169 Å². The van der Waals surface area contributed by atoms with E-state index >= 15 is 0 Å². The molecule has 1 saturated heterocycles. The Morgan fingerprint density at radius 3 is 2.52 bits per heavy atom. The van der Waals surface area contributed by atoms with Crippen molar-refractivity contribution in [3.63, 3.8) is 0 Å². The summed E-state index contributed by atoms with van der Waals surface area (Å²) in [4.78, 5) is 41.8. The van der Waals surface area contributed by atoms with E-state index < -0.39 is 11.6 Å². The third-order valence-electron chi connectivity index (χ3n) is 6.43. The van der Waals surface area contributed by atoms with E-state index in [1.165, 1.54) is 5.56 Å². The van der Waals surface area contributed by atoms with Crippen molar-refractivity contribution in [2.45, 2.75) is 37.8 Å². The molecule has 0 unspecified atom stereocenters. The summed E-state index contributed by atoms with van der Waals surface area (Å²) in [6.07, 6.45) is 3.08. The Morgan fingerprint density at radius 1 is 0.966 bits per heavy atom. The Kier molecular flexibility index (Phi) is 4.15. The lowest BCUT2D eigenvalue weighted by Crippen LogP contribution is -2.48. The summed E-state index contributed by atoms with van der Waals surface area (Å²) >= 11 is 0. The number of amides is 4. The number of carbonyl (C=O) groups is 3. The lowest BCUT2D eigenvalue weighted by Gasteiger charge is -2.33. The van der Waals surface area contributed by atoms with E-state index in [1.807, 2.05) is 42.5 Å². The first-order chi connectivity index (χ1) is 14.1. The molecule has 0 bridgehead atoms. The molecule has 2 aromatic carbocycles. The van der Waals surface area contributed by atoms with Gasteiger partial charge in [-0.05, 0) is 47.9 Å². The lowest BCUT2D eigenvalue weighted by molar-refractivity contribution is -0.140. The highest BCUT2D eigenvalue weighted by Gasteiger charge is 2.54. The first-order valence-electron chi connectivity index (χ1n) is 10.2. The van der Waals surface area contributed by atoms with Gasteiger partial charge in [0.2, 0.25) is 5.91 Å². The summed E-state index contributed by atoms with van der Waals surface area (Å²) < 4.78 is 0. The molecule has 0 saturated carbocycles. The van der Waals surface area contributed by atoms with Gasteiger partial charge in [0.1, 0.15) is 12.1 Å². The molecule has 0 radical (unpaired) electrons. The summed E-state index contributed by atoms with van der Waals surface area (Å²) in [5.74, 6) is -0.496. The van der Waals surface area contributed by atoms with Gasteiger partial charge in [-0.15, -0.1) is 0 Å². The summed E-state index contributed by atoms with van der Waals surface area (Å²) in [6.45, 7) is 0.914. The van der Waals surface area contributed by atoms with Gasteiger partial charge in [-0.25, -0.2) is 4.79 Å². The van der Waals surface area contributed by atoms with Crippen molar-refractivity contribution in [1.82, 2.24) is 15.1 Å². The van der Waals surface area contributed by atoms with Crippen LogP contribution in [0.25, 0.3) is 0 Å². The lowest BCUT2D eigenvalue weighted by atomic mass is 9.76. The summed E-state index contributed by atoms with van der Waals surface area (Å²) in [5, 5.41) is 2.92. The van der Waals surface area contributed by atoms with Crippen LogP contribution in [0.2, 0.25) is 0 Å². The number of aryl methyl sites for hydroxylation is 1. The van der Waals surface area contributed by atoms with Crippen molar-refractivity contribution in [3.05, 3.63) is 70.8 Å². The Bertz CT molecular complexity index is 1020. The van der Waals surface area contributed by atoms with Gasteiger partial charge in [0.15, 0.2) is 0 Å². The second kappa shape index (κ2) is 6.72. The summed E-state index contributed by atoms with van der Waals surface area (Å²) in [6, 6.07) is 15.4. The maximum atomic E-state index is 13.3. The van der Waals surface area contributed by atoms with Crippen molar-refractivity contribution in [3.8, 4) is 0 Å². The van der Waals surface area contributed by atoms with Gasteiger partial charge in [0.25, 0.3) is 5.91 Å². The zero-order valence-electron chi connectivity index (χ0n) is 16.2. The number of hydrogen-bond acceptors (Lipinski definition) is 3. The molecule has 1 N–H and O–H groups in total. The monoisotopic (exact) mass is 389 g/mol. The van der Waals surface area contributed by atoms with Crippen LogP contribution in [0.5, 0.6) is 0 Å². The fourth-order valence-corrected chi connectivity index (χ4v) is 4.90. The van der Waals surface area contributed by atoms with Crippen LogP contribution in [0.4, 0.5) is 4.79 Å². The number of hydrogen-bond donors (Lipinski definition) is 1. The van der Waals surface area contributed by atoms with Gasteiger partial charge >= 0.3 is 6.03 Å². The molecule has 6 nitrogen and oxygen atoms in total. The second-order valence-corrected chi connectivity index (χ2v) is 8.07. The third-order valence-corrected chi connectivity index (χ3v) is 6.43. The molecule has 2 heterocycles. The quantitative estimate of drug-likeness (QED) is 0.802. The first-order valence-corrected chi connectivity index (χ1v) is 10.2. The zero-order valence-corrected chi connectivity index (χ0v) is 16.2. The van der Waals surface area contributed by atoms with E-state index in [2.05, 4.69) is 11.4 Å². The van der Waals surface area contributed by atoms with Crippen LogP contribution < -0.4 is 5.32 Å². The number of rotatable bonds is 2. The fraction of sp³-hybridized carbons (Fsp3) is 0.348. The number of benzene rings is 2. The number of imide groups is 1. The largest absolute Gasteiger partial charge is 0.336 e. The van der Waals surface area contributed by atoms with Crippen molar-refractivity contribution in [2.24, 2.45) is 0 Å². The van der Waals surface area contributed by atoms with Crippen LogP contribution in [0.15, 0.2) is 48.5 Å². The molecule has 2 aromatic rings. The molecule has 3 aliphatic rings. The Balaban J connectivity index is 1.36. The van der Waals surface area contributed by atoms with Crippen LogP contribution in [-0.2, 0) is 34.5 Å². The molecule has 2 aliphatic heterocycles. The normalized spacial score (nSPS) is 23.0. The molecule has 0 aromatic heterocycles. The van der Waals surface area contributed by atoms with Gasteiger partial charge < -0.3 is 10.2 Å². The first kappa shape index (κ1) is 17.9. The minimum absolute atomic E-state index is 0.191. The van der Waals surface area contributed by atoms with Crippen molar-refractivity contribution in [2.75, 3.05) is 13.1 Å².